The number of hydrogen-bond donors (Lipinski definition) is 1. The monoisotopic (exact) mass is 257 g/mol. The van der Waals surface area contributed by atoms with Crippen LogP contribution in [0, 0.1) is 0 Å². The van der Waals surface area contributed by atoms with Crippen LogP contribution in [-0.4, -0.2) is 23.7 Å². The van der Waals surface area contributed by atoms with E-state index in [1.807, 2.05) is 0 Å². The van der Waals surface area contributed by atoms with E-state index in [2.05, 4.69) is 21.2 Å². The lowest BCUT2D eigenvalue weighted by Gasteiger charge is -2.11. The Bertz CT molecular complexity index is 107. The van der Waals surface area contributed by atoms with Gasteiger partial charge in [0.1, 0.15) is 4.83 Å². The number of rotatable bonds is 0. The first-order valence-corrected chi connectivity index (χ1v) is 3.70. The molecular formula is C5H9Br2NO. The van der Waals surface area contributed by atoms with Crippen molar-refractivity contribution in [3.05, 3.63) is 0 Å². The van der Waals surface area contributed by atoms with E-state index in [1.54, 1.807) is 0 Å². The Labute approximate surface area is 73.3 Å². The van der Waals surface area contributed by atoms with E-state index < -0.39 is 0 Å². The van der Waals surface area contributed by atoms with Crippen molar-refractivity contribution < 1.29 is 27.1 Å². The van der Waals surface area contributed by atoms with Gasteiger partial charge in [0.15, 0.2) is 5.78 Å². The van der Waals surface area contributed by atoms with E-state index in [1.165, 1.54) is 0 Å². The van der Waals surface area contributed by atoms with E-state index in [9.17, 15) is 4.79 Å². The summed E-state index contributed by atoms with van der Waals surface area (Å²) in [6.45, 7) is 1.89. The Morgan fingerprint density at radius 1 is 1.67 bits per heavy atom. The fourth-order valence-corrected chi connectivity index (χ4v) is 1.29. The maximum Gasteiger partial charge on any atom is 0.157 e. The summed E-state index contributed by atoms with van der Waals surface area (Å²) in [5, 5.41) is 2.15. The molecule has 9 heavy (non-hydrogen) atoms. The molecule has 1 aliphatic heterocycles. The smallest absolute Gasteiger partial charge is 0.157 e. The van der Waals surface area contributed by atoms with Gasteiger partial charge in [-0.3, -0.25) is 4.79 Å². The van der Waals surface area contributed by atoms with Crippen LogP contribution in [0.3, 0.4) is 0 Å². The highest BCUT2D eigenvalue weighted by molar-refractivity contribution is 9.10. The average molecular weight is 259 g/mol. The maximum absolute atomic E-state index is 10.7. The predicted octanol–water partition coefficient (Wildman–Crippen LogP) is -3.71. The van der Waals surface area contributed by atoms with Gasteiger partial charge in [0.25, 0.3) is 0 Å². The third-order valence-electron chi connectivity index (χ3n) is 1.32. The third-order valence-corrected chi connectivity index (χ3v) is 2.20. The van der Waals surface area contributed by atoms with E-state index in [-0.39, 0.29) is 21.8 Å². The van der Waals surface area contributed by atoms with Crippen molar-refractivity contribution in [1.29, 1.82) is 0 Å². The second kappa shape index (κ2) is 4.41. The normalized spacial score (nSPS) is 27.2. The molecule has 2 N–H and O–H groups in total. The van der Waals surface area contributed by atoms with Gasteiger partial charge < -0.3 is 22.3 Å². The number of piperidine rings is 1. The number of quaternary nitrogens is 1. The number of Topliss-reactive ketones (excluding diaryl/α,β-unsaturated/α-hetero) is 1. The minimum absolute atomic E-state index is 0. The molecule has 0 aromatic rings. The van der Waals surface area contributed by atoms with E-state index in [0.29, 0.717) is 5.78 Å². The number of hydrogen-bond acceptors (Lipinski definition) is 1. The summed E-state index contributed by atoms with van der Waals surface area (Å²) >= 11 is 3.27. The lowest BCUT2D eigenvalue weighted by atomic mass is 10.1. The number of carbonyl (C=O) groups excluding carboxylic acids is 1. The van der Waals surface area contributed by atoms with Crippen molar-refractivity contribution in [2.45, 2.75) is 11.2 Å². The second-order valence-electron chi connectivity index (χ2n) is 2.00. The van der Waals surface area contributed by atoms with E-state index >= 15 is 0 Å². The second-order valence-corrected chi connectivity index (χ2v) is 3.10. The van der Waals surface area contributed by atoms with Crippen LogP contribution in [-0.2, 0) is 4.79 Å². The van der Waals surface area contributed by atoms with Crippen molar-refractivity contribution in [2.75, 3.05) is 13.1 Å². The van der Waals surface area contributed by atoms with Gasteiger partial charge >= 0.3 is 0 Å². The summed E-state index contributed by atoms with van der Waals surface area (Å²) in [4.78, 5) is 10.8. The van der Waals surface area contributed by atoms with Crippen LogP contribution in [0.5, 0.6) is 0 Å². The minimum atomic E-state index is 0. The summed E-state index contributed by atoms with van der Waals surface area (Å²) in [5.41, 5.74) is 0. The fourth-order valence-electron chi connectivity index (χ4n) is 0.797. The standard InChI is InChI=1S/C5H8BrNO.BrH/c6-4-3-7-2-1-5(4)8;/h4,7H,1-3H2;1H. The van der Waals surface area contributed by atoms with Crippen LogP contribution >= 0.6 is 15.9 Å². The quantitative estimate of drug-likeness (QED) is 0.446. The van der Waals surface area contributed by atoms with Crippen LogP contribution in [0.4, 0.5) is 0 Å². The van der Waals surface area contributed by atoms with Crippen molar-refractivity contribution in [3.63, 3.8) is 0 Å². The Hall–Kier alpha value is 0.590. The topological polar surface area (TPSA) is 33.7 Å². The predicted molar refractivity (Wildman–Crippen MR) is 34.0 cm³/mol. The summed E-state index contributed by atoms with van der Waals surface area (Å²) in [6, 6.07) is 0. The molecule has 0 aliphatic carbocycles. The lowest BCUT2D eigenvalue weighted by Crippen LogP contribution is -3.00. The zero-order chi connectivity index (χ0) is 5.98. The molecule has 0 radical (unpaired) electrons. The number of alkyl halides is 1. The Balaban J connectivity index is 0.000000640. The highest BCUT2D eigenvalue weighted by Gasteiger charge is 2.20. The van der Waals surface area contributed by atoms with E-state index in [0.717, 1.165) is 19.5 Å². The summed E-state index contributed by atoms with van der Waals surface area (Å²) in [5.74, 6) is 0.354. The van der Waals surface area contributed by atoms with Crippen LogP contribution in [0.15, 0.2) is 0 Å². The first-order valence-electron chi connectivity index (χ1n) is 2.79. The molecule has 1 heterocycles. The van der Waals surface area contributed by atoms with Gasteiger partial charge in [-0.25, -0.2) is 0 Å². The van der Waals surface area contributed by atoms with Gasteiger partial charge in [-0.05, 0) is 0 Å². The number of nitrogens with two attached hydrogens (primary N) is 1. The molecule has 0 aromatic carbocycles. The van der Waals surface area contributed by atoms with Crippen molar-refractivity contribution in [1.82, 2.24) is 0 Å². The molecule has 2 nitrogen and oxygen atoms in total. The molecule has 0 saturated carbocycles. The minimum Gasteiger partial charge on any atom is -1.00 e. The SMILES string of the molecule is O=C1CC[NH2+]CC1Br.[Br-]. The van der Waals surface area contributed by atoms with Crippen LogP contribution in [0.2, 0.25) is 0 Å². The number of carbonyl (C=O) groups is 1. The highest BCUT2D eigenvalue weighted by Crippen LogP contribution is 2.01. The van der Waals surface area contributed by atoms with Crippen LogP contribution in [0.25, 0.3) is 0 Å². The van der Waals surface area contributed by atoms with Gasteiger partial charge in [0, 0.05) is 0 Å². The van der Waals surface area contributed by atoms with Crippen molar-refractivity contribution in [3.8, 4) is 0 Å². The van der Waals surface area contributed by atoms with Gasteiger partial charge in [0.05, 0.1) is 19.5 Å². The van der Waals surface area contributed by atoms with Crippen LogP contribution in [0.1, 0.15) is 6.42 Å². The largest absolute Gasteiger partial charge is 1.00 e. The molecule has 1 aliphatic rings. The summed E-state index contributed by atoms with van der Waals surface area (Å²) in [6.07, 6.45) is 0.732. The summed E-state index contributed by atoms with van der Waals surface area (Å²) < 4.78 is 0. The van der Waals surface area contributed by atoms with Gasteiger partial charge in [0.2, 0.25) is 0 Å². The molecule has 0 amide bonds. The molecule has 1 rings (SSSR count). The summed E-state index contributed by atoms with van der Waals surface area (Å²) in [7, 11) is 0. The fraction of sp³-hybridized carbons (Fsp3) is 0.800. The molecule has 1 unspecified atom stereocenters. The average Bonchev–Trinajstić information content (AvgIpc) is 1.77. The zero-order valence-electron chi connectivity index (χ0n) is 4.94. The van der Waals surface area contributed by atoms with Gasteiger partial charge in [-0.2, -0.15) is 0 Å². The molecular weight excluding hydrogens is 250 g/mol. The molecule has 0 aromatic heterocycles. The van der Waals surface area contributed by atoms with Crippen molar-refractivity contribution in [2.24, 2.45) is 0 Å². The van der Waals surface area contributed by atoms with Crippen LogP contribution < -0.4 is 22.3 Å². The molecule has 1 fully saturated rings. The lowest BCUT2D eigenvalue weighted by molar-refractivity contribution is -0.655. The zero-order valence-corrected chi connectivity index (χ0v) is 8.11. The molecule has 1 saturated heterocycles. The molecule has 0 bridgehead atoms. The van der Waals surface area contributed by atoms with Crippen molar-refractivity contribution >= 4 is 21.7 Å². The first kappa shape index (κ1) is 9.59. The Kier molecular flexibility index (Phi) is 4.70. The Morgan fingerprint density at radius 2 is 2.33 bits per heavy atom. The molecule has 4 heteroatoms. The Morgan fingerprint density at radius 3 is 2.67 bits per heavy atom. The first-order chi connectivity index (χ1) is 3.80. The number of ketones is 1. The molecule has 54 valence electrons. The number of halogens is 2. The molecule has 1 atom stereocenters. The van der Waals surface area contributed by atoms with E-state index in [4.69, 9.17) is 0 Å². The van der Waals surface area contributed by atoms with Gasteiger partial charge in [-0.15, -0.1) is 0 Å². The van der Waals surface area contributed by atoms with Gasteiger partial charge in [-0.1, -0.05) is 15.9 Å². The third kappa shape index (κ3) is 2.78. The maximum atomic E-state index is 10.7. The highest BCUT2D eigenvalue weighted by atomic mass is 79.9. The molecule has 0 spiro atoms.